The predicted octanol–water partition coefficient (Wildman–Crippen LogP) is 5.36. The van der Waals surface area contributed by atoms with E-state index >= 15 is 0 Å². The first-order valence-corrected chi connectivity index (χ1v) is 7.14. The van der Waals surface area contributed by atoms with E-state index in [1.165, 1.54) is 12.0 Å². The van der Waals surface area contributed by atoms with E-state index < -0.39 is 0 Å². The average Bonchev–Trinajstić information content (AvgIpc) is 2.35. The highest BCUT2D eigenvalue weighted by molar-refractivity contribution is 6.30. The first-order chi connectivity index (χ1) is 8.38. The average molecular weight is 273 g/mol. The van der Waals surface area contributed by atoms with Crippen LogP contribution in [0.3, 0.4) is 0 Å². The van der Waals surface area contributed by atoms with Crippen LogP contribution in [0.1, 0.15) is 59.1 Å². The van der Waals surface area contributed by atoms with E-state index in [1.807, 2.05) is 52.8 Å². The highest BCUT2D eigenvalue weighted by Gasteiger charge is 2.21. The predicted molar refractivity (Wildman–Crippen MR) is 83.6 cm³/mol. The molecule has 0 aliphatic rings. The Balaban J connectivity index is 0. The number of aliphatic hydroxyl groups is 1. The molecule has 18 heavy (non-hydrogen) atoms. The molecule has 1 aromatic carbocycles. The summed E-state index contributed by atoms with van der Waals surface area (Å²) in [5.74, 6) is 0. The SMILES string of the molecule is CC.CCC.Cc1ccc(Cl)cc1C(C)(C)CO. The third kappa shape index (κ3) is 7.03. The fraction of sp³-hybridized carbons (Fsp3) is 0.625. The number of aryl methyl sites for hydroxylation is 1. The summed E-state index contributed by atoms with van der Waals surface area (Å²) in [6.07, 6.45) is 1.25. The molecule has 1 N–H and O–H groups in total. The van der Waals surface area contributed by atoms with Gasteiger partial charge in [-0.2, -0.15) is 0 Å². The molecule has 0 amide bonds. The van der Waals surface area contributed by atoms with Crippen molar-refractivity contribution in [3.8, 4) is 0 Å². The maximum absolute atomic E-state index is 9.22. The van der Waals surface area contributed by atoms with Crippen molar-refractivity contribution in [1.82, 2.24) is 0 Å². The van der Waals surface area contributed by atoms with E-state index in [1.54, 1.807) is 0 Å². The van der Waals surface area contributed by atoms with Gasteiger partial charge < -0.3 is 5.11 Å². The third-order valence-electron chi connectivity index (χ3n) is 2.32. The molecule has 0 saturated heterocycles. The monoisotopic (exact) mass is 272 g/mol. The van der Waals surface area contributed by atoms with Crippen LogP contribution < -0.4 is 0 Å². The van der Waals surface area contributed by atoms with Gasteiger partial charge in [0.25, 0.3) is 0 Å². The first kappa shape index (κ1) is 19.8. The Hall–Kier alpha value is -0.530. The maximum Gasteiger partial charge on any atom is 0.0522 e. The standard InChI is InChI=1S/C11H15ClO.C3H8.C2H6/c1-8-4-5-9(12)6-10(8)11(2,3)7-13;1-3-2;1-2/h4-6,13H,7H2,1-3H3;3H2,1-2H3;1-2H3. The van der Waals surface area contributed by atoms with Gasteiger partial charge in [0.1, 0.15) is 0 Å². The number of rotatable bonds is 2. The number of hydrogen-bond acceptors (Lipinski definition) is 1. The van der Waals surface area contributed by atoms with Crippen LogP contribution >= 0.6 is 11.6 Å². The summed E-state index contributed by atoms with van der Waals surface area (Å²) in [7, 11) is 0. The minimum Gasteiger partial charge on any atom is -0.395 e. The molecule has 0 aliphatic carbocycles. The lowest BCUT2D eigenvalue weighted by atomic mass is 9.83. The van der Waals surface area contributed by atoms with Crippen molar-refractivity contribution in [2.75, 3.05) is 6.61 Å². The quantitative estimate of drug-likeness (QED) is 0.768. The zero-order chi connectivity index (χ0) is 14.8. The molecule has 0 spiro atoms. The Kier molecular flexibility index (Phi) is 11.4. The van der Waals surface area contributed by atoms with Crippen molar-refractivity contribution in [3.63, 3.8) is 0 Å². The molecule has 0 atom stereocenters. The normalized spacial score (nSPS) is 9.83. The van der Waals surface area contributed by atoms with Crippen LogP contribution in [-0.2, 0) is 5.41 Å². The largest absolute Gasteiger partial charge is 0.395 e. The number of benzene rings is 1. The van der Waals surface area contributed by atoms with E-state index in [4.69, 9.17) is 11.6 Å². The zero-order valence-electron chi connectivity index (χ0n) is 13.0. The van der Waals surface area contributed by atoms with E-state index in [9.17, 15) is 5.11 Å². The van der Waals surface area contributed by atoms with Gasteiger partial charge in [0.2, 0.25) is 0 Å². The van der Waals surface area contributed by atoms with Crippen LogP contribution in [0.15, 0.2) is 18.2 Å². The van der Waals surface area contributed by atoms with Crippen molar-refractivity contribution < 1.29 is 5.11 Å². The molecule has 1 nitrogen and oxygen atoms in total. The topological polar surface area (TPSA) is 20.2 Å². The highest BCUT2D eigenvalue weighted by Crippen LogP contribution is 2.28. The molecule has 0 heterocycles. The second-order valence-electron chi connectivity index (χ2n) is 4.71. The van der Waals surface area contributed by atoms with Crippen molar-refractivity contribution in [2.45, 2.75) is 60.3 Å². The Bertz CT molecular complexity index is 319. The van der Waals surface area contributed by atoms with Crippen molar-refractivity contribution >= 4 is 11.6 Å². The van der Waals surface area contributed by atoms with Gasteiger partial charge in [-0.15, -0.1) is 0 Å². The lowest BCUT2D eigenvalue weighted by Gasteiger charge is -2.24. The highest BCUT2D eigenvalue weighted by atomic mass is 35.5. The Morgan fingerprint density at radius 1 is 1.17 bits per heavy atom. The van der Waals surface area contributed by atoms with E-state index in [0.717, 1.165) is 10.6 Å². The number of aliphatic hydroxyl groups excluding tert-OH is 1. The van der Waals surface area contributed by atoms with Gasteiger partial charge in [-0.3, -0.25) is 0 Å². The van der Waals surface area contributed by atoms with E-state index in [2.05, 4.69) is 13.8 Å². The second-order valence-corrected chi connectivity index (χ2v) is 5.14. The summed E-state index contributed by atoms with van der Waals surface area (Å²) in [5.41, 5.74) is 2.07. The van der Waals surface area contributed by atoms with Crippen LogP contribution in [0.25, 0.3) is 0 Å². The number of hydrogen-bond donors (Lipinski definition) is 1. The summed E-state index contributed by atoms with van der Waals surface area (Å²) in [6, 6.07) is 5.77. The lowest BCUT2D eigenvalue weighted by molar-refractivity contribution is 0.218. The first-order valence-electron chi connectivity index (χ1n) is 6.76. The molecule has 106 valence electrons. The minimum absolute atomic E-state index is 0.133. The molecule has 0 saturated carbocycles. The van der Waals surface area contributed by atoms with Crippen molar-refractivity contribution in [2.24, 2.45) is 0 Å². The Labute approximate surface area is 118 Å². The molecule has 1 aromatic rings. The van der Waals surface area contributed by atoms with Gasteiger partial charge in [0.15, 0.2) is 0 Å². The van der Waals surface area contributed by atoms with Crippen LogP contribution in [0.4, 0.5) is 0 Å². The van der Waals surface area contributed by atoms with Crippen LogP contribution in [0, 0.1) is 6.92 Å². The van der Waals surface area contributed by atoms with Gasteiger partial charge in [0, 0.05) is 10.4 Å². The summed E-state index contributed by atoms with van der Waals surface area (Å²) in [4.78, 5) is 0. The van der Waals surface area contributed by atoms with Gasteiger partial charge in [-0.05, 0) is 30.2 Å². The molecule has 1 rings (SSSR count). The summed E-state index contributed by atoms with van der Waals surface area (Å²) < 4.78 is 0. The molecule has 0 radical (unpaired) electrons. The molecule has 2 heteroatoms. The van der Waals surface area contributed by atoms with Crippen molar-refractivity contribution in [3.05, 3.63) is 34.3 Å². The molecular formula is C16H29ClO. The van der Waals surface area contributed by atoms with E-state index in [-0.39, 0.29) is 12.0 Å². The molecule has 0 bridgehead atoms. The van der Waals surface area contributed by atoms with Gasteiger partial charge in [0.05, 0.1) is 6.61 Å². The molecule has 0 aliphatic heterocycles. The van der Waals surface area contributed by atoms with Crippen LogP contribution in [0.2, 0.25) is 5.02 Å². The van der Waals surface area contributed by atoms with Gasteiger partial charge >= 0.3 is 0 Å². The Morgan fingerprint density at radius 3 is 2.00 bits per heavy atom. The van der Waals surface area contributed by atoms with Crippen LogP contribution in [0.5, 0.6) is 0 Å². The van der Waals surface area contributed by atoms with E-state index in [0.29, 0.717) is 0 Å². The summed E-state index contributed by atoms with van der Waals surface area (Å²) in [5, 5.41) is 9.94. The zero-order valence-corrected chi connectivity index (χ0v) is 13.7. The van der Waals surface area contributed by atoms with Crippen LogP contribution in [-0.4, -0.2) is 11.7 Å². The number of halogens is 1. The molecule has 0 aromatic heterocycles. The third-order valence-corrected chi connectivity index (χ3v) is 2.56. The lowest BCUT2D eigenvalue weighted by Crippen LogP contribution is -2.23. The van der Waals surface area contributed by atoms with Crippen molar-refractivity contribution in [1.29, 1.82) is 0 Å². The fourth-order valence-corrected chi connectivity index (χ4v) is 1.58. The molecule has 0 unspecified atom stereocenters. The maximum atomic E-state index is 9.22. The smallest absolute Gasteiger partial charge is 0.0522 e. The van der Waals surface area contributed by atoms with Gasteiger partial charge in [-0.1, -0.05) is 65.6 Å². The molecule has 0 fully saturated rings. The van der Waals surface area contributed by atoms with Gasteiger partial charge in [-0.25, -0.2) is 0 Å². The molecular weight excluding hydrogens is 244 g/mol. The Morgan fingerprint density at radius 2 is 1.61 bits per heavy atom. The summed E-state index contributed by atoms with van der Waals surface area (Å²) >= 11 is 5.90. The fourth-order valence-electron chi connectivity index (χ4n) is 1.41. The minimum atomic E-state index is -0.213. The second kappa shape index (κ2) is 10.4. The summed E-state index contributed by atoms with van der Waals surface area (Å²) in [6.45, 7) is 14.4.